The zero-order valence-electron chi connectivity index (χ0n) is 5.04. The molecule has 0 aromatic carbocycles. The van der Waals surface area contributed by atoms with E-state index in [1.54, 1.807) is 0 Å². The molecule has 0 saturated carbocycles. The minimum Gasteiger partial charge on any atom is -0.366 e. The standard InChI is InChI=1S/C6H5FN2O/c7-5-3-4(6(8)10)1-2-9-5/h1-3H,(H2,8,10). The van der Waals surface area contributed by atoms with Gasteiger partial charge in [0.05, 0.1) is 0 Å². The van der Waals surface area contributed by atoms with Gasteiger partial charge in [-0.15, -0.1) is 0 Å². The molecule has 0 aliphatic rings. The summed E-state index contributed by atoms with van der Waals surface area (Å²) >= 11 is 0. The molecule has 10 heavy (non-hydrogen) atoms. The Hall–Kier alpha value is -1.45. The van der Waals surface area contributed by atoms with E-state index in [2.05, 4.69) is 4.98 Å². The molecule has 1 rings (SSSR count). The quantitative estimate of drug-likeness (QED) is 0.571. The lowest BCUT2D eigenvalue weighted by Gasteiger charge is -1.91. The number of primary amides is 1. The van der Waals surface area contributed by atoms with Crippen LogP contribution in [0.5, 0.6) is 0 Å². The summed E-state index contributed by atoms with van der Waals surface area (Å²) in [5, 5.41) is 0. The molecule has 0 atom stereocenters. The van der Waals surface area contributed by atoms with E-state index in [1.807, 2.05) is 0 Å². The van der Waals surface area contributed by atoms with Crippen molar-refractivity contribution in [3.05, 3.63) is 29.8 Å². The molecule has 0 spiro atoms. The fourth-order valence-corrected chi connectivity index (χ4v) is 0.556. The van der Waals surface area contributed by atoms with Crippen molar-refractivity contribution in [2.45, 2.75) is 0 Å². The van der Waals surface area contributed by atoms with Gasteiger partial charge in [-0.1, -0.05) is 0 Å². The molecular weight excluding hydrogens is 135 g/mol. The average Bonchev–Trinajstić information content (AvgIpc) is 1.88. The lowest BCUT2D eigenvalue weighted by atomic mass is 10.3. The summed E-state index contributed by atoms with van der Waals surface area (Å²) in [4.78, 5) is 13.6. The first-order valence-electron chi connectivity index (χ1n) is 2.61. The summed E-state index contributed by atoms with van der Waals surface area (Å²) in [6, 6.07) is 2.34. The Morgan fingerprint density at radius 3 is 2.80 bits per heavy atom. The third-order valence-electron chi connectivity index (χ3n) is 1.01. The molecular formula is C6H5FN2O. The Morgan fingerprint density at radius 1 is 1.70 bits per heavy atom. The molecule has 0 saturated heterocycles. The maximum Gasteiger partial charge on any atom is 0.248 e. The van der Waals surface area contributed by atoms with Crippen molar-refractivity contribution >= 4 is 5.91 Å². The monoisotopic (exact) mass is 140 g/mol. The highest BCUT2D eigenvalue weighted by Gasteiger charge is 1.99. The highest BCUT2D eigenvalue weighted by Crippen LogP contribution is 1.97. The van der Waals surface area contributed by atoms with Crippen LogP contribution in [-0.2, 0) is 0 Å². The summed E-state index contributed by atoms with van der Waals surface area (Å²) in [5.74, 6) is -1.35. The fourth-order valence-electron chi connectivity index (χ4n) is 0.556. The van der Waals surface area contributed by atoms with Crippen molar-refractivity contribution in [2.24, 2.45) is 5.73 Å². The highest BCUT2D eigenvalue weighted by molar-refractivity contribution is 5.92. The molecule has 1 aromatic rings. The van der Waals surface area contributed by atoms with Gasteiger partial charge in [0.25, 0.3) is 0 Å². The van der Waals surface area contributed by atoms with Gasteiger partial charge < -0.3 is 5.73 Å². The largest absolute Gasteiger partial charge is 0.366 e. The Bertz CT molecular complexity index is 262. The van der Waals surface area contributed by atoms with Crippen LogP contribution in [0.15, 0.2) is 18.3 Å². The molecule has 1 amide bonds. The van der Waals surface area contributed by atoms with E-state index in [0.717, 1.165) is 6.07 Å². The molecule has 1 aromatic heterocycles. The lowest BCUT2D eigenvalue weighted by Crippen LogP contribution is -2.11. The Balaban J connectivity index is 3.07. The van der Waals surface area contributed by atoms with Gasteiger partial charge in [0.2, 0.25) is 11.9 Å². The van der Waals surface area contributed by atoms with Gasteiger partial charge in [0.15, 0.2) is 0 Å². The van der Waals surface area contributed by atoms with Crippen LogP contribution in [0.2, 0.25) is 0 Å². The molecule has 0 bridgehead atoms. The molecule has 3 nitrogen and oxygen atoms in total. The Morgan fingerprint density at radius 2 is 2.40 bits per heavy atom. The second-order valence-electron chi connectivity index (χ2n) is 1.73. The molecule has 1 heterocycles. The summed E-state index contributed by atoms with van der Waals surface area (Å²) in [5.41, 5.74) is 4.98. The number of hydrogen-bond acceptors (Lipinski definition) is 2. The van der Waals surface area contributed by atoms with Gasteiger partial charge in [-0.05, 0) is 6.07 Å². The van der Waals surface area contributed by atoms with Gasteiger partial charge >= 0.3 is 0 Å². The first kappa shape index (κ1) is 6.67. The van der Waals surface area contributed by atoms with E-state index in [4.69, 9.17) is 5.73 Å². The minimum atomic E-state index is -0.698. The molecule has 0 fully saturated rings. The lowest BCUT2D eigenvalue weighted by molar-refractivity contribution is 0.0999. The smallest absolute Gasteiger partial charge is 0.248 e. The van der Waals surface area contributed by atoms with Crippen molar-refractivity contribution in [1.29, 1.82) is 0 Å². The predicted molar refractivity (Wildman–Crippen MR) is 32.7 cm³/mol. The first-order valence-corrected chi connectivity index (χ1v) is 2.61. The van der Waals surface area contributed by atoms with E-state index in [1.165, 1.54) is 12.3 Å². The number of halogens is 1. The first-order chi connectivity index (χ1) is 4.70. The number of carbonyl (C=O) groups is 1. The van der Waals surface area contributed by atoms with Gasteiger partial charge in [-0.2, -0.15) is 4.39 Å². The van der Waals surface area contributed by atoms with Crippen LogP contribution in [0, 0.1) is 5.95 Å². The highest BCUT2D eigenvalue weighted by atomic mass is 19.1. The third kappa shape index (κ3) is 1.28. The zero-order valence-corrected chi connectivity index (χ0v) is 5.04. The van der Waals surface area contributed by atoms with Crippen LogP contribution in [0.25, 0.3) is 0 Å². The SMILES string of the molecule is NC(=O)c1ccnc(F)c1. The molecule has 2 N–H and O–H groups in total. The second-order valence-corrected chi connectivity index (χ2v) is 1.73. The fraction of sp³-hybridized carbons (Fsp3) is 0. The average molecular weight is 140 g/mol. The topological polar surface area (TPSA) is 56.0 Å². The van der Waals surface area contributed by atoms with Crippen LogP contribution in [0.4, 0.5) is 4.39 Å². The summed E-state index contributed by atoms with van der Waals surface area (Å²) in [7, 11) is 0. The molecule has 0 aliphatic carbocycles. The summed E-state index contributed by atoms with van der Waals surface area (Å²) in [6.45, 7) is 0. The van der Waals surface area contributed by atoms with E-state index in [0.29, 0.717) is 0 Å². The predicted octanol–water partition coefficient (Wildman–Crippen LogP) is 0.320. The summed E-state index contributed by atoms with van der Waals surface area (Å²) < 4.78 is 12.2. The maximum atomic E-state index is 12.2. The summed E-state index contributed by atoms with van der Waals surface area (Å²) in [6.07, 6.45) is 1.19. The molecule has 0 unspecified atom stereocenters. The van der Waals surface area contributed by atoms with E-state index < -0.39 is 11.9 Å². The van der Waals surface area contributed by atoms with E-state index >= 15 is 0 Å². The Kier molecular flexibility index (Phi) is 1.62. The third-order valence-corrected chi connectivity index (χ3v) is 1.01. The van der Waals surface area contributed by atoms with Crippen LogP contribution in [-0.4, -0.2) is 10.9 Å². The number of amides is 1. The Labute approximate surface area is 56.7 Å². The van der Waals surface area contributed by atoms with Crippen molar-refractivity contribution in [3.8, 4) is 0 Å². The van der Waals surface area contributed by atoms with Gasteiger partial charge in [0, 0.05) is 17.8 Å². The van der Waals surface area contributed by atoms with Gasteiger partial charge in [0.1, 0.15) is 0 Å². The molecule has 0 aliphatic heterocycles. The minimum absolute atomic E-state index is 0.132. The number of hydrogen-bond donors (Lipinski definition) is 1. The van der Waals surface area contributed by atoms with Gasteiger partial charge in [-0.3, -0.25) is 4.79 Å². The number of aromatic nitrogens is 1. The molecule has 52 valence electrons. The maximum absolute atomic E-state index is 12.2. The van der Waals surface area contributed by atoms with E-state index in [9.17, 15) is 9.18 Å². The van der Waals surface area contributed by atoms with Crippen molar-refractivity contribution in [3.63, 3.8) is 0 Å². The van der Waals surface area contributed by atoms with Crippen LogP contribution in [0.3, 0.4) is 0 Å². The van der Waals surface area contributed by atoms with Crippen LogP contribution < -0.4 is 5.73 Å². The van der Waals surface area contributed by atoms with Crippen molar-refractivity contribution < 1.29 is 9.18 Å². The van der Waals surface area contributed by atoms with Crippen molar-refractivity contribution in [1.82, 2.24) is 4.98 Å². The second kappa shape index (κ2) is 2.43. The normalized spacial score (nSPS) is 9.30. The number of pyridine rings is 1. The number of nitrogens with zero attached hydrogens (tertiary/aromatic N) is 1. The number of rotatable bonds is 1. The molecule has 4 heteroatoms. The van der Waals surface area contributed by atoms with Crippen LogP contribution in [0.1, 0.15) is 10.4 Å². The number of nitrogens with two attached hydrogens (primary N) is 1. The van der Waals surface area contributed by atoms with E-state index in [-0.39, 0.29) is 5.56 Å². The van der Waals surface area contributed by atoms with Gasteiger partial charge in [-0.25, -0.2) is 4.98 Å². The van der Waals surface area contributed by atoms with Crippen molar-refractivity contribution in [2.75, 3.05) is 0 Å². The zero-order chi connectivity index (χ0) is 7.56. The molecule has 0 radical (unpaired) electrons. The number of carbonyl (C=O) groups excluding carboxylic acids is 1. The van der Waals surface area contributed by atoms with Crippen LogP contribution >= 0.6 is 0 Å².